The fourth-order valence-corrected chi connectivity index (χ4v) is 6.02. The van der Waals surface area contributed by atoms with E-state index in [0.717, 1.165) is 44.9 Å². The summed E-state index contributed by atoms with van der Waals surface area (Å²) < 4.78 is 12.5. The largest absolute Gasteiger partial charge is 0.493 e. The van der Waals surface area contributed by atoms with Crippen LogP contribution in [0.15, 0.2) is 73.3 Å². The summed E-state index contributed by atoms with van der Waals surface area (Å²) in [5.74, 6) is 1.55. The van der Waals surface area contributed by atoms with Crippen molar-refractivity contribution in [3.8, 4) is 28.7 Å². The molecule has 4 N–H and O–H groups in total. The van der Waals surface area contributed by atoms with Gasteiger partial charge in [-0.3, -0.25) is 19.8 Å². The molecule has 0 aliphatic heterocycles. The summed E-state index contributed by atoms with van der Waals surface area (Å²) in [6, 6.07) is 17.7. The number of aliphatic hydroxyl groups excluding tert-OH is 4. The molecule has 12 nitrogen and oxygen atoms in total. The summed E-state index contributed by atoms with van der Waals surface area (Å²) in [4.78, 5) is 15.8. The first-order valence-electron chi connectivity index (χ1n) is 17.4. The number of ether oxygens (including phenoxy) is 2. The highest BCUT2D eigenvalue weighted by atomic mass is 16.5. The number of nitrogens with zero attached hydrogens (tertiary/aromatic N) is 6. The van der Waals surface area contributed by atoms with Gasteiger partial charge < -0.3 is 29.9 Å². The van der Waals surface area contributed by atoms with E-state index >= 15 is 0 Å². The third-order valence-corrected chi connectivity index (χ3v) is 8.62. The van der Waals surface area contributed by atoms with E-state index in [1.807, 2.05) is 47.9 Å². The topological polar surface area (TPSA) is 160 Å². The Morgan fingerprint density at radius 1 is 0.769 bits per heavy atom. The summed E-state index contributed by atoms with van der Waals surface area (Å²) in [7, 11) is 0. The molecule has 0 aliphatic rings. The fraction of sp³-hybridized carbons (Fsp3) is 0.400. The van der Waals surface area contributed by atoms with Crippen LogP contribution < -0.4 is 9.47 Å². The van der Waals surface area contributed by atoms with Gasteiger partial charge in [-0.15, -0.1) is 0 Å². The second-order valence-corrected chi connectivity index (χ2v) is 12.8. The molecule has 274 valence electrons. The molecule has 4 rings (SSSR count). The van der Waals surface area contributed by atoms with E-state index in [1.54, 1.807) is 24.5 Å². The summed E-state index contributed by atoms with van der Waals surface area (Å²) in [6.45, 7) is 14.3. The molecule has 12 heteroatoms. The Morgan fingerprint density at radius 2 is 1.27 bits per heavy atom. The molecular weight excluding hydrogens is 660 g/mol. The number of hydrogen-bond acceptors (Lipinski definition) is 11. The Hall–Kier alpha value is -4.92. The molecule has 0 fully saturated rings. The lowest BCUT2D eigenvalue weighted by atomic mass is 9.95. The molecule has 0 bridgehead atoms. The maximum atomic E-state index is 10.1. The highest BCUT2D eigenvalue weighted by molar-refractivity contribution is 5.74. The van der Waals surface area contributed by atoms with Crippen LogP contribution in [0, 0.1) is 31.8 Å². The van der Waals surface area contributed by atoms with E-state index in [4.69, 9.17) is 16.0 Å². The molecule has 0 saturated carbocycles. The molecule has 52 heavy (non-hydrogen) atoms. The van der Waals surface area contributed by atoms with Crippen molar-refractivity contribution in [3.63, 3.8) is 0 Å². The van der Waals surface area contributed by atoms with Gasteiger partial charge in [-0.2, -0.15) is 5.26 Å². The Kier molecular flexibility index (Phi) is 16.0. The van der Waals surface area contributed by atoms with E-state index in [-0.39, 0.29) is 26.3 Å². The van der Waals surface area contributed by atoms with Crippen LogP contribution in [-0.4, -0.2) is 105 Å². The predicted octanol–water partition coefficient (Wildman–Crippen LogP) is 4.43. The minimum absolute atomic E-state index is 0.279. The number of aromatic nitrogens is 2. The molecule has 0 unspecified atom stereocenters. The lowest BCUT2D eigenvalue weighted by molar-refractivity contribution is 0.0550. The van der Waals surface area contributed by atoms with Crippen LogP contribution in [0.25, 0.3) is 16.0 Å². The molecule has 0 aliphatic carbocycles. The minimum atomic E-state index is -0.881. The zero-order chi connectivity index (χ0) is 37.3. The number of aliphatic hydroxyl groups is 4. The van der Waals surface area contributed by atoms with E-state index in [1.165, 1.54) is 12.4 Å². The van der Waals surface area contributed by atoms with Gasteiger partial charge in [0.2, 0.25) is 5.69 Å². The lowest BCUT2D eigenvalue weighted by Gasteiger charge is -2.25. The molecule has 0 saturated heterocycles. The average molecular weight is 709 g/mol. The number of pyridine rings is 2. The molecule has 2 aromatic carbocycles. The van der Waals surface area contributed by atoms with Crippen molar-refractivity contribution >= 4 is 5.69 Å². The van der Waals surface area contributed by atoms with Crippen LogP contribution >= 0.6 is 0 Å². The Bertz CT molecular complexity index is 1680. The molecule has 4 aromatic rings. The summed E-state index contributed by atoms with van der Waals surface area (Å²) >= 11 is 0. The average Bonchev–Trinajstić information content (AvgIpc) is 3.16. The second-order valence-electron chi connectivity index (χ2n) is 12.8. The van der Waals surface area contributed by atoms with Gasteiger partial charge in [0.1, 0.15) is 17.6 Å². The van der Waals surface area contributed by atoms with Gasteiger partial charge in [0.15, 0.2) is 0 Å². The smallest absolute Gasteiger partial charge is 0.205 e. The van der Waals surface area contributed by atoms with Crippen LogP contribution in [0.4, 0.5) is 5.69 Å². The van der Waals surface area contributed by atoms with Crippen molar-refractivity contribution in [2.75, 3.05) is 52.6 Å². The van der Waals surface area contributed by atoms with E-state index in [2.05, 4.69) is 33.0 Å². The zero-order valence-corrected chi connectivity index (χ0v) is 29.9. The number of benzene rings is 2. The van der Waals surface area contributed by atoms with E-state index < -0.39 is 12.2 Å². The normalized spacial score (nSPS) is 12.3. The molecule has 2 heterocycles. The molecule has 0 radical (unpaired) electrons. The minimum Gasteiger partial charge on any atom is -0.493 e. The van der Waals surface area contributed by atoms with Gasteiger partial charge in [0.25, 0.3) is 0 Å². The van der Waals surface area contributed by atoms with Gasteiger partial charge in [-0.25, -0.2) is 4.85 Å². The first-order valence-corrected chi connectivity index (χ1v) is 17.4. The van der Waals surface area contributed by atoms with Gasteiger partial charge in [0, 0.05) is 64.1 Å². The van der Waals surface area contributed by atoms with E-state index in [0.29, 0.717) is 63.5 Å². The Morgan fingerprint density at radius 3 is 1.75 bits per heavy atom. The van der Waals surface area contributed by atoms with Crippen molar-refractivity contribution < 1.29 is 29.9 Å². The summed E-state index contributed by atoms with van der Waals surface area (Å²) in [6.07, 6.45) is 6.03. The van der Waals surface area contributed by atoms with Crippen molar-refractivity contribution in [2.24, 2.45) is 0 Å². The standard InChI is InChI=1S/C40H48N6O6/c1-29-37(8-4-10-39(29)51-14-6-12-45(25-35(49)27-47)23-32-16-31(18-41)19-43-20-32)38-9-5-11-40(30(38)2)52-15-7-13-46(26-36(50)28-48)24-33-17-34(42-3)22-44-21-33/h4-5,8-11,16-17,19-22,35-36,47-50H,6-7,12-15,23-28H2,1-2H3/t35-,36-/m0/s1. The monoisotopic (exact) mass is 708 g/mol. The van der Waals surface area contributed by atoms with E-state index in [9.17, 15) is 25.7 Å². The fourth-order valence-electron chi connectivity index (χ4n) is 6.02. The quantitative estimate of drug-likeness (QED) is 0.0717. The molecule has 2 atom stereocenters. The maximum absolute atomic E-state index is 10.1. The maximum Gasteiger partial charge on any atom is 0.205 e. The number of nitriles is 1. The van der Waals surface area contributed by atoms with Crippen LogP contribution in [0.5, 0.6) is 11.5 Å². The van der Waals surface area contributed by atoms with Crippen LogP contribution in [0.2, 0.25) is 0 Å². The predicted molar refractivity (Wildman–Crippen MR) is 198 cm³/mol. The van der Waals surface area contributed by atoms with Crippen molar-refractivity contribution in [1.29, 1.82) is 5.26 Å². The Balaban J connectivity index is 1.34. The molecule has 0 spiro atoms. The molecule has 2 aromatic heterocycles. The van der Waals surface area contributed by atoms with Crippen molar-refractivity contribution in [3.05, 3.63) is 113 Å². The third-order valence-electron chi connectivity index (χ3n) is 8.62. The highest BCUT2D eigenvalue weighted by Gasteiger charge is 2.16. The van der Waals surface area contributed by atoms with Crippen LogP contribution in [0.1, 0.15) is 40.7 Å². The zero-order valence-electron chi connectivity index (χ0n) is 29.9. The lowest BCUT2D eigenvalue weighted by Crippen LogP contribution is -2.35. The number of hydrogen-bond donors (Lipinski definition) is 4. The number of rotatable bonds is 21. The summed E-state index contributed by atoms with van der Waals surface area (Å²) in [5, 5.41) is 48.3. The van der Waals surface area contributed by atoms with Gasteiger partial charge >= 0.3 is 0 Å². The molecular formula is C40H48N6O6. The SMILES string of the molecule is [C-]#[N+]c1cncc(CN(CCCOc2cccc(-c3cccc(OCCCN(Cc4cncc(C#N)c4)C[C@H](O)CO)c3C)c2C)C[C@H](O)CO)c1. The Labute approximate surface area is 306 Å². The van der Waals surface area contributed by atoms with Gasteiger partial charge in [-0.05, 0) is 84.3 Å². The van der Waals surface area contributed by atoms with Crippen molar-refractivity contribution in [1.82, 2.24) is 19.8 Å². The van der Waals surface area contributed by atoms with Crippen LogP contribution in [0.3, 0.4) is 0 Å². The molecule has 0 amide bonds. The van der Waals surface area contributed by atoms with Gasteiger partial charge in [-0.1, -0.05) is 24.3 Å². The first-order chi connectivity index (χ1) is 25.2. The third kappa shape index (κ3) is 12.1. The first kappa shape index (κ1) is 39.9. The van der Waals surface area contributed by atoms with Gasteiger partial charge in [0.05, 0.1) is 50.8 Å². The summed E-state index contributed by atoms with van der Waals surface area (Å²) in [5.41, 5.74) is 6.73. The highest BCUT2D eigenvalue weighted by Crippen LogP contribution is 2.35. The second kappa shape index (κ2) is 20.8. The van der Waals surface area contributed by atoms with Crippen LogP contribution in [-0.2, 0) is 13.1 Å². The van der Waals surface area contributed by atoms with Crippen molar-refractivity contribution in [2.45, 2.75) is 52.0 Å².